The Balaban J connectivity index is 1.75. The summed E-state index contributed by atoms with van der Waals surface area (Å²) in [5.41, 5.74) is 1.46. The molecule has 0 fully saturated rings. The smallest absolute Gasteiger partial charge is 0.269 e. The third-order valence-corrected chi connectivity index (χ3v) is 5.34. The molecule has 0 saturated carbocycles. The zero-order valence-electron chi connectivity index (χ0n) is 13.9. The fraction of sp³-hybridized carbons (Fsp3) is 0.111. The largest absolute Gasteiger partial charge is 0.453 e. The molecule has 0 aliphatic carbocycles. The van der Waals surface area contributed by atoms with Crippen LogP contribution in [0.25, 0.3) is 33.1 Å². The van der Waals surface area contributed by atoms with Crippen molar-refractivity contribution >= 4 is 27.2 Å². The van der Waals surface area contributed by atoms with Gasteiger partial charge in [0.2, 0.25) is 0 Å². The summed E-state index contributed by atoms with van der Waals surface area (Å²) in [6.45, 7) is 3.87. The van der Waals surface area contributed by atoms with E-state index in [2.05, 4.69) is 9.97 Å². The second-order valence-electron chi connectivity index (χ2n) is 5.85. The highest BCUT2D eigenvalue weighted by molar-refractivity contribution is 7.18. The maximum Gasteiger partial charge on any atom is 0.269 e. The molecule has 0 atom stereocenters. The van der Waals surface area contributed by atoms with Gasteiger partial charge in [-0.1, -0.05) is 0 Å². The quantitative estimate of drug-likeness (QED) is 0.426. The molecule has 130 valence electrons. The fourth-order valence-corrected chi connectivity index (χ4v) is 3.77. The lowest BCUT2D eigenvalue weighted by atomic mass is 10.1. The van der Waals surface area contributed by atoms with Crippen LogP contribution < -0.4 is 5.56 Å². The van der Waals surface area contributed by atoms with Gasteiger partial charge in [0, 0.05) is 22.6 Å². The van der Waals surface area contributed by atoms with Crippen LogP contribution in [0, 0.1) is 24.0 Å². The molecule has 0 spiro atoms. The van der Waals surface area contributed by atoms with Gasteiger partial charge in [-0.3, -0.25) is 14.9 Å². The summed E-state index contributed by atoms with van der Waals surface area (Å²) < 4.78 is 5.80. The maximum atomic E-state index is 12.4. The number of hydrogen-bond acceptors (Lipinski definition) is 6. The summed E-state index contributed by atoms with van der Waals surface area (Å²) in [6, 6.07) is 9.53. The Morgan fingerprint density at radius 2 is 1.81 bits per heavy atom. The molecule has 3 aromatic heterocycles. The lowest BCUT2D eigenvalue weighted by Crippen LogP contribution is -2.08. The number of H-pyrrole nitrogens is 1. The standard InChI is InChI=1S/C18H13N3O4S/c1-9-10(2)26-18-15(9)17(22)19-16(20-18)14-8-7-13(25-14)11-3-5-12(6-4-11)21(23)24/h3-8H,1-2H3,(H,19,20,22). The Labute approximate surface area is 151 Å². The van der Waals surface area contributed by atoms with Crippen molar-refractivity contribution in [3.8, 4) is 22.9 Å². The van der Waals surface area contributed by atoms with Gasteiger partial charge >= 0.3 is 0 Å². The number of fused-ring (bicyclic) bond motifs is 1. The van der Waals surface area contributed by atoms with Crippen molar-refractivity contribution in [2.75, 3.05) is 0 Å². The average Bonchev–Trinajstić information content (AvgIpc) is 3.21. The normalized spacial score (nSPS) is 11.2. The van der Waals surface area contributed by atoms with Crippen LogP contribution in [0.15, 0.2) is 45.6 Å². The Hall–Kier alpha value is -3.26. The number of nitrogens with one attached hydrogen (secondary N) is 1. The zero-order valence-corrected chi connectivity index (χ0v) is 14.7. The van der Waals surface area contributed by atoms with E-state index in [-0.39, 0.29) is 11.2 Å². The predicted octanol–water partition coefficient (Wildman–Crippen LogP) is 4.44. The minimum Gasteiger partial charge on any atom is -0.453 e. The summed E-state index contributed by atoms with van der Waals surface area (Å²) in [7, 11) is 0. The van der Waals surface area contributed by atoms with E-state index in [9.17, 15) is 14.9 Å². The van der Waals surface area contributed by atoms with Crippen molar-refractivity contribution in [1.82, 2.24) is 9.97 Å². The van der Waals surface area contributed by atoms with Crippen LogP contribution in [0.3, 0.4) is 0 Å². The van der Waals surface area contributed by atoms with Crippen LogP contribution in [-0.2, 0) is 0 Å². The van der Waals surface area contributed by atoms with Crippen LogP contribution in [0.2, 0.25) is 0 Å². The van der Waals surface area contributed by atoms with Crippen LogP contribution >= 0.6 is 11.3 Å². The predicted molar refractivity (Wildman–Crippen MR) is 99.5 cm³/mol. The Bertz CT molecular complexity index is 1200. The lowest BCUT2D eigenvalue weighted by Gasteiger charge is -1.99. The minimum absolute atomic E-state index is 0.0143. The molecule has 4 aromatic rings. The van der Waals surface area contributed by atoms with Crippen molar-refractivity contribution in [2.24, 2.45) is 0 Å². The number of aromatic amines is 1. The minimum atomic E-state index is -0.452. The number of nitro benzene ring substituents is 1. The van der Waals surface area contributed by atoms with Crippen LogP contribution in [0.5, 0.6) is 0 Å². The van der Waals surface area contributed by atoms with Crippen molar-refractivity contribution < 1.29 is 9.34 Å². The number of aryl methyl sites for hydroxylation is 2. The number of rotatable bonds is 3. The number of thiophene rings is 1. The number of aromatic nitrogens is 2. The molecule has 8 heteroatoms. The first kappa shape index (κ1) is 16.2. The molecule has 0 aliphatic heterocycles. The second-order valence-corrected chi connectivity index (χ2v) is 7.05. The van der Waals surface area contributed by atoms with Gasteiger partial charge in [-0.25, -0.2) is 4.98 Å². The first-order valence-corrected chi connectivity index (χ1v) is 8.61. The van der Waals surface area contributed by atoms with E-state index in [1.807, 2.05) is 13.8 Å². The molecule has 26 heavy (non-hydrogen) atoms. The SMILES string of the molecule is Cc1sc2nc(-c3ccc(-c4ccc([N+](=O)[O-])cc4)o3)[nH]c(=O)c2c1C. The molecular weight excluding hydrogens is 354 g/mol. The van der Waals surface area contributed by atoms with Gasteiger partial charge < -0.3 is 9.40 Å². The van der Waals surface area contributed by atoms with E-state index in [1.165, 1.54) is 23.5 Å². The van der Waals surface area contributed by atoms with Gasteiger partial charge in [-0.2, -0.15) is 0 Å². The molecule has 0 radical (unpaired) electrons. The highest BCUT2D eigenvalue weighted by Crippen LogP contribution is 2.30. The van der Waals surface area contributed by atoms with Crippen molar-refractivity contribution in [2.45, 2.75) is 13.8 Å². The summed E-state index contributed by atoms with van der Waals surface area (Å²) in [5.74, 6) is 1.33. The molecule has 0 amide bonds. The molecule has 7 nitrogen and oxygen atoms in total. The summed E-state index contributed by atoms with van der Waals surface area (Å²) in [6.07, 6.45) is 0. The van der Waals surface area contributed by atoms with Crippen LogP contribution in [-0.4, -0.2) is 14.9 Å². The summed E-state index contributed by atoms with van der Waals surface area (Å²) in [4.78, 5) is 31.7. The Morgan fingerprint density at radius 1 is 1.12 bits per heavy atom. The third-order valence-electron chi connectivity index (χ3n) is 4.24. The van der Waals surface area contributed by atoms with Crippen molar-refractivity contribution in [1.29, 1.82) is 0 Å². The van der Waals surface area contributed by atoms with Crippen molar-refractivity contribution in [3.05, 3.63) is 67.3 Å². The van der Waals surface area contributed by atoms with E-state index >= 15 is 0 Å². The van der Waals surface area contributed by atoms with Crippen LogP contribution in [0.1, 0.15) is 10.4 Å². The first-order valence-electron chi connectivity index (χ1n) is 7.79. The highest BCUT2D eigenvalue weighted by Gasteiger charge is 2.15. The molecule has 1 aromatic carbocycles. The molecule has 0 bridgehead atoms. The molecule has 4 rings (SSSR count). The van der Waals surface area contributed by atoms with Crippen molar-refractivity contribution in [3.63, 3.8) is 0 Å². The Kier molecular flexibility index (Phi) is 3.69. The first-order chi connectivity index (χ1) is 12.4. The van der Waals surface area contributed by atoms with Gasteiger partial charge in [-0.15, -0.1) is 11.3 Å². The van der Waals surface area contributed by atoms with E-state index in [1.54, 1.807) is 24.3 Å². The van der Waals surface area contributed by atoms with E-state index in [4.69, 9.17) is 4.42 Å². The topological polar surface area (TPSA) is 102 Å². The molecule has 0 saturated heterocycles. The molecule has 0 unspecified atom stereocenters. The molecule has 1 N–H and O–H groups in total. The van der Waals surface area contributed by atoms with E-state index < -0.39 is 4.92 Å². The maximum absolute atomic E-state index is 12.4. The summed E-state index contributed by atoms with van der Waals surface area (Å²) in [5, 5.41) is 11.4. The van der Waals surface area contributed by atoms with E-state index in [0.29, 0.717) is 33.1 Å². The number of furan rings is 1. The monoisotopic (exact) mass is 367 g/mol. The molecular formula is C18H13N3O4S. The lowest BCUT2D eigenvalue weighted by molar-refractivity contribution is -0.384. The average molecular weight is 367 g/mol. The zero-order chi connectivity index (χ0) is 18.4. The highest BCUT2D eigenvalue weighted by atomic mass is 32.1. The van der Waals surface area contributed by atoms with Gasteiger partial charge in [0.05, 0.1) is 10.3 Å². The number of benzene rings is 1. The van der Waals surface area contributed by atoms with Gasteiger partial charge in [0.25, 0.3) is 11.2 Å². The third kappa shape index (κ3) is 2.60. The molecule has 0 aliphatic rings. The fourth-order valence-electron chi connectivity index (χ4n) is 2.74. The van der Waals surface area contributed by atoms with E-state index in [0.717, 1.165) is 10.4 Å². The number of nitrogens with zero attached hydrogens (tertiary/aromatic N) is 2. The van der Waals surface area contributed by atoms with Gasteiger partial charge in [0.1, 0.15) is 10.6 Å². The van der Waals surface area contributed by atoms with Gasteiger partial charge in [0.15, 0.2) is 11.6 Å². The summed E-state index contributed by atoms with van der Waals surface area (Å²) >= 11 is 1.47. The number of non-ortho nitro benzene ring substituents is 1. The molecule has 3 heterocycles. The second kappa shape index (κ2) is 5.92. The Morgan fingerprint density at radius 3 is 2.50 bits per heavy atom. The number of nitro groups is 1. The van der Waals surface area contributed by atoms with Gasteiger partial charge in [-0.05, 0) is 43.7 Å². The number of hydrogen-bond donors (Lipinski definition) is 1. The van der Waals surface area contributed by atoms with Crippen LogP contribution in [0.4, 0.5) is 5.69 Å².